The molecule has 6 nitrogen and oxygen atoms in total. The average Bonchev–Trinajstić information content (AvgIpc) is 2.38. The second-order valence-electron chi connectivity index (χ2n) is 5.98. The van der Waals surface area contributed by atoms with E-state index in [9.17, 15) is 9.90 Å². The first-order valence-electron chi connectivity index (χ1n) is 6.94. The summed E-state index contributed by atoms with van der Waals surface area (Å²) < 4.78 is 0. The molecule has 0 spiro atoms. The summed E-state index contributed by atoms with van der Waals surface area (Å²) in [6.07, 6.45) is 2.64. The number of piperidine rings is 1. The maximum atomic E-state index is 12.5. The maximum absolute atomic E-state index is 12.5. The third-order valence-corrected chi connectivity index (χ3v) is 3.68. The lowest BCUT2D eigenvalue weighted by molar-refractivity contribution is -0.00217. The van der Waals surface area contributed by atoms with Gasteiger partial charge in [-0.1, -0.05) is 13.8 Å². The Morgan fingerprint density at radius 3 is 2.60 bits per heavy atom. The second-order valence-corrected chi connectivity index (χ2v) is 5.98. The van der Waals surface area contributed by atoms with Crippen LogP contribution in [0.25, 0.3) is 0 Å². The summed E-state index contributed by atoms with van der Waals surface area (Å²) in [5.41, 5.74) is 5.72. The predicted molar refractivity (Wildman–Crippen MR) is 76.3 cm³/mol. The van der Waals surface area contributed by atoms with E-state index in [1.807, 2.05) is 13.8 Å². The van der Waals surface area contributed by atoms with Gasteiger partial charge in [-0.2, -0.15) is 0 Å². The van der Waals surface area contributed by atoms with Gasteiger partial charge in [0.05, 0.1) is 17.5 Å². The van der Waals surface area contributed by atoms with Crippen LogP contribution in [0.1, 0.15) is 55.8 Å². The molecule has 1 aromatic heterocycles. The van der Waals surface area contributed by atoms with Gasteiger partial charge < -0.3 is 15.7 Å². The Balaban J connectivity index is 2.19. The van der Waals surface area contributed by atoms with Crippen LogP contribution >= 0.6 is 0 Å². The second kappa shape index (κ2) is 5.36. The number of amides is 1. The van der Waals surface area contributed by atoms with Crippen LogP contribution in [0.5, 0.6) is 0 Å². The minimum absolute atomic E-state index is 0.143. The summed E-state index contributed by atoms with van der Waals surface area (Å²) in [6, 6.07) is 0. The van der Waals surface area contributed by atoms with E-state index >= 15 is 0 Å². The molecule has 0 radical (unpaired) electrons. The van der Waals surface area contributed by atoms with Gasteiger partial charge in [0.2, 0.25) is 0 Å². The van der Waals surface area contributed by atoms with Gasteiger partial charge in [-0.3, -0.25) is 4.79 Å². The minimum Gasteiger partial charge on any atom is -0.396 e. The van der Waals surface area contributed by atoms with Crippen LogP contribution in [0.2, 0.25) is 0 Å². The van der Waals surface area contributed by atoms with Crippen molar-refractivity contribution in [2.24, 2.45) is 0 Å². The lowest BCUT2D eigenvalue weighted by Gasteiger charge is -2.35. The first-order chi connectivity index (χ1) is 9.30. The fourth-order valence-corrected chi connectivity index (χ4v) is 2.20. The molecule has 1 aromatic rings. The molecule has 1 aliphatic heterocycles. The molecule has 6 heteroatoms. The van der Waals surface area contributed by atoms with E-state index in [-0.39, 0.29) is 17.5 Å². The monoisotopic (exact) mass is 278 g/mol. The van der Waals surface area contributed by atoms with Crippen molar-refractivity contribution >= 4 is 11.6 Å². The van der Waals surface area contributed by atoms with Crippen LogP contribution in [0.4, 0.5) is 5.69 Å². The molecule has 1 amide bonds. The molecule has 110 valence electrons. The molecule has 2 heterocycles. The fraction of sp³-hybridized carbons (Fsp3) is 0.643. The Hall–Kier alpha value is -1.69. The highest BCUT2D eigenvalue weighted by Gasteiger charge is 2.31. The Morgan fingerprint density at radius 2 is 2.05 bits per heavy atom. The molecule has 1 aliphatic rings. The Bertz CT molecular complexity index is 504. The molecule has 0 aliphatic carbocycles. The van der Waals surface area contributed by atoms with Gasteiger partial charge in [0, 0.05) is 19.0 Å². The van der Waals surface area contributed by atoms with Gasteiger partial charge in [-0.05, 0) is 19.8 Å². The van der Waals surface area contributed by atoms with Crippen LogP contribution in [-0.2, 0) is 0 Å². The van der Waals surface area contributed by atoms with E-state index in [1.54, 1.807) is 11.8 Å². The van der Waals surface area contributed by atoms with E-state index < -0.39 is 5.60 Å². The smallest absolute Gasteiger partial charge is 0.274 e. The number of aliphatic hydroxyl groups is 1. The van der Waals surface area contributed by atoms with E-state index in [0.717, 1.165) is 0 Å². The van der Waals surface area contributed by atoms with E-state index in [0.29, 0.717) is 37.4 Å². The van der Waals surface area contributed by atoms with E-state index in [4.69, 9.17) is 5.73 Å². The summed E-state index contributed by atoms with van der Waals surface area (Å²) in [5, 5.41) is 9.93. The normalized spacial score (nSPS) is 18.4. The number of likely N-dealkylation sites (tertiary alicyclic amines) is 1. The van der Waals surface area contributed by atoms with Gasteiger partial charge in [-0.25, -0.2) is 9.97 Å². The summed E-state index contributed by atoms with van der Waals surface area (Å²) in [4.78, 5) is 22.6. The number of rotatable bonds is 2. The first-order valence-corrected chi connectivity index (χ1v) is 6.94. The van der Waals surface area contributed by atoms with Gasteiger partial charge in [0.1, 0.15) is 5.82 Å². The zero-order valence-corrected chi connectivity index (χ0v) is 12.3. The predicted octanol–water partition coefficient (Wildman–Crippen LogP) is 1.17. The number of aromatic nitrogens is 2. The molecule has 0 aromatic carbocycles. The van der Waals surface area contributed by atoms with Gasteiger partial charge in [0.15, 0.2) is 5.69 Å². The maximum Gasteiger partial charge on any atom is 0.274 e. The van der Waals surface area contributed by atoms with Crippen LogP contribution in [0.15, 0.2) is 6.20 Å². The van der Waals surface area contributed by atoms with Gasteiger partial charge in [0.25, 0.3) is 5.91 Å². The van der Waals surface area contributed by atoms with Crippen molar-refractivity contribution < 1.29 is 9.90 Å². The molecule has 3 N–H and O–H groups in total. The van der Waals surface area contributed by atoms with Gasteiger partial charge in [-0.15, -0.1) is 0 Å². The largest absolute Gasteiger partial charge is 0.396 e. The number of carbonyl (C=O) groups excluding carboxylic acids is 1. The number of nitrogen functional groups attached to an aromatic ring is 1. The number of anilines is 1. The molecule has 0 bridgehead atoms. The first kappa shape index (κ1) is 14.7. The fourth-order valence-electron chi connectivity index (χ4n) is 2.20. The summed E-state index contributed by atoms with van der Waals surface area (Å²) in [5.74, 6) is 0.582. The SMILES string of the molecule is CC(C)c1ncc(N)c(C(=O)N2CCC(C)(O)CC2)n1. The molecular weight excluding hydrogens is 256 g/mol. The molecule has 1 fully saturated rings. The number of nitrogens with two attached hydrogens (primary N) is 1. The number of carbonyl (C=O) groups is 1. The van der Waals surface area contributed by atoms with Crippen LogP contribution in [0.3, 0.4) is 0 Å². The molecule has 0 saturated carbocycles. The van der Waals surface area contributed by atoms with E-state index in [1.165, 1.54) is 6.20 Å². The third-order valence-electron chi connectivity index (χ3n) is 3.68. The summed E-state index contributed by atoms with van der Waals surface area (Å²) in [7, 11) is 0. The van der Waals surface area contributed by atoms with Crippen molar-refractivity contribution in [2.75, 3.05) is 18.8 Å². The number of hydrogen-bond acceptors (Lipinski definition) is 5. The van der Waals surface area contributed by atoms with Crippen molar-refractivity contribution in [3.05, 3.63) is 17.7 Å². The highest BCUT2D eigenvalue weighted by atomic mass is 16.3. The zero-order chi connectivity index (χ0) is 14.9. The molecular formula is C14H22N4O2. The Morgan fingerprint density at radius 1 is 1.45 bits per heavy atom. The number of nitrogens with zero attached hydrogens (tertiary/aromatic N) is 3. The van der Waals surface area contributed by atoms with Crippen LogP contribution in [-0.4, -0.2) is 44.6 Å². The summed E-state index contributed by atoms with van der Waals surface area (Å²) in [6.45, 7) is 6.78. The Labute approximate surface area is 119 Å². The third kappa shape index (κ3) is 3.07. The van der Waals surface area contributed by atoms with Gasteiger partial charge >= 0.3 is 0 Å². The lowest BCUT2D eigenvalue weighted by Crippen LogP contribution is -2.45. The number of hydrogen-bond donors (Lipinski definition) is 2. The van der Waals surface area contributed by atoms with Crippen molar-refractivity contribution in [1.29, 1.82) is 0 Å². The highest BCUT2D eigenvalue weighted by Crippen LogP contribution is 2.23. The topological polar surface area (TPSA) is 92.3 Å². The highest BCUT2D eigenvalue weighted by molar-refractivity contribution is 5.97. The van der Waals surface area contributed by atoms with Crippen molar-refractivity contribution in [2.45, 2.75) is 45.1 Å². The molecule has 0 atom stereocenters. The standard InChI is InChI=1S/C14H22N4O2/c1-9(2)12-16-8-10(15)11(17-12)13(19)18-6-4-14(3,20)5-7-18/h8-9,20H,4-7,15H2,1-3H3. The zero-order valence-electron chi connectivity index (χ0n) is 12.3. The minimum atomic E-state index is -0.683. The van der Waals surface area contributed by atoms with Crippen molar-refractivity contribution in [1.82, 2.24) is 14.9 Å². The van der Waals surface area contributed by atoms with E-state index in [2.05, 4.69) is 9.97 Å². The quantitative estimate of drug-likeness (QED) is 0.847. The summed E-state index contributed by atoms with van der Waals surface area (Å²) >= 11 is 0. The average molecular weight is 278 g/mol. The van der Waals surface area contributed by atoms with Crippen molar-refractivity contribution in [3.63, 3.8) is 0 Å². The van der Waals surface area contributed by atoms with Crippen molar-refractivity contribution in [3.8, 4) is 0 Å². The molecule has 2 rings (SSSR count). The Kier molecular flexibility index (Phi) is 3.94. The lowest BCUT2D eigenvalue weighted by atomic mass is 9.93. The molecule has 0 unspecified atom stereocenters. The molecule has 20 heavy (non-hydrogen) atoms. The molecule has 1 saturated heterocycles. The van der Waals surface area contributed by atoms with Crippen LogP contribution in [0, 0.1) is 0 Å². The van der Waals surface area contributed by atoms with Crippen LogP contribution < -0.4 is 5.73 Å².